The van der Waals surface area contributed by atoms with Crippen molar-refractivity contribution in [3.63, 3.8) is 0 Å². The number of nitrogens with zero attached hydrogens (tertiary/aromatic N) is 2. The molecule has 8 heteroatoms. The van der Waals surface area contributed by atoms with Crippen molar-refractivity contribution in [1.29, 1.82) is 0 Å². The lowest BCUT2D eigenvalue weighted by molar-refractivity contribution is -0.134. The Balaban J connectivity index is 1.99. The van der Waals surface area contributed by atoms with Gasteiger partial charge in [0.25, 0.3) is 0 Å². The normalized spacial score (nSPS) is 17.5. The van der Waals surface area contributed by atoms with Crippen LogP contribution in [0, 0.1) is 0 Å². The number of amides is 1. The Morgan fingerprint density at radius 3 is 2.29 bits per heavy atom. The fourth-order valence-electron chi connectivity index (χ4n) is 2.66. The van der Waals surface area contributed by atoms with Gasteiger partial charge in [0.05, 0.1) is 18.0 Å². The van der Waals surface area contributed by atoms with E-state index in [-0.39, 0.29) is 10.8 Å². The van der Waals surface area contributed by atoms with Gasteiger partial charge in [-0.1, -0.05) is 6.92 Å². The van der Waals surface area contributed by atoms with Gasteiger partial charge < -0.3 is 14.5 Å². The van der Waals surface area contributed by atoms with E-state index in [1.165, 1.54) is 19.2 Å². The summed E-state index contributed by atoms with van der Waals surface area (Å²) in [5.74, 6) is 0.384. The molecule has 0 unspecified atom stereocenters. The monoisotopic (exact) mass is 355 g/mol. The van der Waals surface area contributed by atoms with Crippen LogP contribution >= 0.6 is 0 Å². The Hall–Kier alpha value is -1.64. The number of benzene rings is 1. The van der Waals surface area contributed by atoms with Crippen LogP contribution in [0.3, 0.4) is 0 Å². The molecule has 7 nitrogen and oxygen atoms in total. The van der Waals surface area contributed by atoms with E-state index >= 15 is 0 Å². The van der Waals surface area contributed by atoms with Crippen molar-refractivity contribution in [2.75, 3.05) is 39.8 Å². The minimum absolute atomic E-state index is 0.110. The molecule has 0 radical (unpaired) electrons. The summed E-state index contributed by atoms with van der Waals surface area (Å²) in [5, 5.41) is 0. The van der Waals surface area contributed by atoms with Crippen molar-refractivity contribution >= 4 is 15.9 Å². The van der Waals surface area contributed by atoms with Crippen molar-refractivity contribution in [2.45, 2.75) is 24.8 Å². The summed E-state index contributed by atoms with van der Waals surface area (Å²) in [5.41, 5.74) is 0. The third kappa shape index (κ3) is 4.46. The van der Waals surface area contributed by atoms with Gasteiger partial charge in [0.1, 0.15) is 5.75 Å². The molecule has 1 amide bonds. The van der Waals surface area contributed by atoms with E-state index in [9.17, 15) is 13.2 Å². The van der Waals surface area contributed by atoms with Crippen LogP contribution in [0.4, 0.5) is 0 Å². The molecule has 1 saturated heterocycles. The predicted octanol–water partition coefficient (Wildman–Crippen LogP) is 0.526. The third-order valence-electron chi connectivity index (χ3n) is 4.20. The second-order valence-corrected chi connectivity index (χ2v) is 7.49. The summed E-state index contributed by atoms with van der Waals surface area (Å²) in [7, 11) is -2.23. The van der Waals surface area contributed by atoms with Gasteiger partial charge in [0.2, 0.25) is 15.9 Å². The molecule has 1 aromatic rings. The molecule has 134 valence electrons. The van der Waals surface area contributed by atoms with E-state index in [1.54, 1.807) is 24.0 Å². The Bertz CT molecular complexity index is 652. The van der Waals surface area contributed by atoms with Gasteiger partial charge >= 0.3 is 0 Å². The van der Waals surface area contributed by atoms with Crippen LogP contribution in [0.5, 0.6) is 5.75 Å². The Labute approximate surface area is 143 Å². The first-order chi connectivity index (χ1) is 11.4. The van der Waals surface area contributed by atoms with Gasteiger partial charge in [-0.2, -0.15) is 4.72 Å². The summed E-state index contributed by atoms with van der Waals surface area (Å²) in [6.45, 7) is 7.52. The minimum atomic E-state index is -3.75. The summed E-state index contributed by atoms with van der Waals surface area (Å²) in [6, 6.07) is 5.26. The largest absolute Gasteiger partial charge is 0.497 e. The van der Waals surface area contributed by atoms with Gasteiger partial charge in [-0.3, -0.25) is 4.79 Å². The topological polar surface area (TPSA) is 79.0 Å². The van der Waals surface area contributed by atoms with E-state index in [1.807, 2.05) is 0 Å². The quantitative estimate of drug-likeness (QED) is 0.805. The number of carbonyl (C=O) groups excluding carboxylic acids is 1. The molecule has 0 bridgehead atoms. The molecule has 1 aliphatic rings. The Kier molecular flexibility index (Phi) is 6.20. The van der Waals surface area contributed by atoms with E-state index in [2.05, 4.69) is 16.5 Å². The van der Waals surface area contributed by atoms with Gasteiger partial charge in [-0.15, -0.1) is 0 Å². The SMILES string of the molecule is CCN1CCN(C(=O)[C@H](C)NS(=O)(=O)c2ccc(OC)cc2)CC1. The summed E-state index contributed by atoms with van der Waals surface area (Å²) < 4.78 is 32.3. The highest BCUT2D eigenvalue weighted by molar-refractivity contribution is 7.89. The van der Waals surface area contributed by atoms with Gasteiger partial charge in [0, 0.05) is 26.2 Å². The number of hydrogen-bond donors (Lipinski definition) is 1. The summed E-state index contributed by atoms with van der Waals surface area (Å²) in [4.78, 5) is 16.5. The van der Waals surface area contributed by atoms with Crippen molar-refractivity contribution in [1.82, 2.24) is 14.5 Å². The highest BCUT2D eigenvalue weighted by Gasteiger charge is 2.27. The zero-order valence-corrected chi connectivity index (χ0v) is 15.2. The predicted molar refractivity (Wildman–Crippen MR) is 91.5 cm³/mol. The maximum atomic E-state index is 12.5. The summed E-state index contributed by atoms with van der Waals surface area (Å²) >= 11 is 0. The van der Waals surface area contributed by atoms with Crippen molar-refractivity contribution in [2.24, 2.45) is 0 Å². The van der Waals surface area contributed by atoms with E-state index < -0.39 is 16.1 Å². The molecule has 24 heavy (non-hydrogen) atoms. The van der Waals surface area contributed by atoms with Crippen molar-refractivity contribution < 1.29 is 17.9 Å². The Morgan fingerprint density at radius 1 is 1.21 bits per heavy atom. The zero-order valence-electron chi connectivity index (χ0n) is 14.4. The molecule has 0 saturated carbocycles. The molecule has 0 spiro atoms. The van der Waals surface area contributed by atoms with E-state index in [0.717, 1.165) is 19.6 Å². The van der Waals surface area contributed by atoms with E-state index in [0.29, 0.717) is 18.8 Å². The molecular weight excluding hydrogens is 330 g/mol. The van der Waals surface area contributed by atoms with E-state index in [4.69, 9.17) is 4.74 Å². The first kappa shape index (κ1) is 18.7. The average molecular weight is 355 g/mol. The fraction of sp³-hybridized carbons (Fsp3) is 0.562. The van der Waals surface area contributed by atoms with Gasteiger partial charge in [-0.05, 0) is 37.7 Å². The molecule has 1 aromatic carbocycles. The van der Waals surface area contributed by atoms with Crippen LogP contribution < -0.4 is 9.46 Å². The van der Waals surface area contributed by atoms with Crippen LogP contribution in [-0.4, -0.2) is 70.0 Å². The van der Waals surface area contributed by atoms with Crippen LogP contribution in [0.25, 0.3) is 0 Å². The maximum absolute atomic E-state index is 12.5. The van der Waals surface area contributed by atoms with Crippen LogP contribution in [0.15, 0.2) is 29.2 Å². The highest BCUT2D eigenvalue weighted by Crippen LogP contribution is 2.16. The lowest BCUT2D eigenvalue weighted by atomic mass is 10.2. The van der Waals surface area contributed by atoms with Crippen molar-refractivity contribution in [3.8, 4) is 5.75 Å². The van der Waals surface area contributed by atoms with Crippen LogP contribution in [-0.2, 0) is 14.8 Å². The number of nitrogens with one attached hydrogen (secondary N) is 1. The number of ether oxygens (including phenoxy) is 1. The van der Waals surface area contributed by atoms with Crippen LogP contribution in [0.2, 0.25) is 0 Å². The number of rotatable bonds is 6. The molecular formula is C16H25N3O4S. The molecule has 1 heterocycles. The molecule has 0 aromatic heterocycles. The molecule has 1 atom stereocenters. The zero-order chi connectivity index (χ0) is 17.7. The molecule has 0 aliphatic carbocycles. The molecule has 1 aliphatic heterocycles. The first-order valence-corrected chi connectivity index (χ1v) is 9.53. The number of sulfonamides is 1. The smallest absolute Gasteiger partial charge is 0.241 e. The number of carbonyl (C=O) groups is 1. The number of hydrogen-bond acceptors (Lipinski definition) is 5. The third-order valence-corrected chi connectivity index (χ3v) is 5.76. The second kappa shape index (κ2) is 7.96. The van der Waals surface area contributed by atoms with Crippen molar-refractivity contribution in [3.05, 3.63) is 24.3 Å². The fourth-order valence-corrected chi connectivity index (χ4v) is 3.86. The number of piperazine rings is 1. The molecule has 2 rings (SSSR count). The minimum Gasteiger partial charge on any atom is -0.497 e. The lowest BCUT2D eigenvalue weighted by Crippen LogP contribution is -2.54. The second-order valence-electron chi connectivity index (χ2n) is 5.78. The molecule has 1 N–H and O–H groups in total. The van der Waals surface area contributed by atoms with Gasteiger partial charge in [-0.25, -0.2) is 8.42 Å². The number of methoxy groups -OCH3 is 1. The van der Waals surface area contributed by atoms with Crippen LogP contribution in [0.1, 0.15) is 13.8 Å². The van der Waals surface area contributed by atoms with Gasteiger partial charge in [0.15, 0.2) is 0 Å². The summed E-state index contributed by atoms with van der Waals surface area (Å²) in [6.07, 6.45) is 0. The molecule has 1 fully saturated rings. The Morgan fingerprint density at radius 2 is 1.79 bits per heavy atom. The number of likely N-dealkylation sites (N-methyl/N-ethyl adjacent to an activating group) is 1. The highest BCUT2D eigenvalue weighted by atomic mass is 32.2. The average Bonchev–Trinajstić information content (AvgIpc) is 2.60. The maximum Gasteiger partial charge on any atom is 0.241 e. The standard InChI is InChI=1S/C16H25N3O4S/c1-4-18-9-11-19(12-10-18)16(20)13(2)17-24(21,22)15-7-5-14(23-3)6-8-15/h5-8,13,17H,4,9-12H2,1-3H3/t13-/m0/s1. The lowest BCUT2D eigenvalue weighted by Gasteiger charge is -2.35. The first-order valence-electron chi connectivity index (χ1n) is 8.05.